The van der Waals surface area contributed by atoms with Gasteiger partial charge in [-0.1, -0.05) is 344 Å². The van der Waals surface area contributed by atoms with E-state index < -0.39 is 97.5 Å². The molecule has 0 aliphatic carbocycles. The minimum atomic E-state index is -4.96. The Labute approximate surface area is 594 Å². The SMILES string of the molecule is CCC(C)CCCCCCCCCCCCCCCCC(=O)O[C@H](COC(=O)CCCCCCCCCCCCCCCCC(C)C)COP(=O)(O)OC[C@@H](O)COP(=O)(O)OC[C@@H](COC(=O)CCCCCCCCC(C)C)OC(=O)CCCCCCCCCCCCC(C)C. The fourth-order valence-electron chi connectivity index (χ4n) is 11.9. The summed E-state index contributed by atoms with van der Waals surface area (Å²) in [6.45, 7) is 14.2. The fraction of sp³-hybridized carbons (Fsp3) is 0.949. The zero-order valence-corrected chi connectivity index (χ0v) is 65.5. The zero-order chi connectivity index (χ0) is 71.7. The molecule has 0 aliphatic rings. The first kappa shape index (κ1) is 95.1. The molecule has 0 saturated carbocycles. The van der Waals surface area contributed by atoms with Crippen molar-refractivity contribution in [3.8, 4) is 0 Å². The Hall–Kier alpha value is -1.94. The molecule has 0 bridgehead atoms. The van der Waals surface area contributed by atoms with Gasteiger partial charge in [-0.15, -0.1) is 0 Å². The van der Waals surface area contributed by atoms with Crippen molar-refractivity contribution in [2.24, 2.45) is 23.7 Å². The molecule has 97 heavy (non-hydrogen) atoms. The molecule has 0 radical (unpaired) electrons. The van der Waals surface area contributed by atoms with Crippen LogP contribution in [0.2, 0.25) is 0 Å². The zero-order valence-electron chi connectivity index (χ0n) is 63.7. The Balaban J connectivity index is 5.24. The van der Waals surface area contributed by atoms with Crippen LogP contribution in [0.15, 0.2) is 0 Å². The number of hydrogen-bond donors (Lipinski definition) is 3. The van der Waals surface area contributed by atoms with Gasteiger partial charge in [-0.2, -0.15) is 0 Å². The molecule has 0 amide bonds. The minimum Gasteiger partial charge on any atom is -0.462 e. The summed E-state index contributed by atoms with van der Waals surface area (Å²) in [5, 5.41) is 10.6. The molecular formula is C78H152O17P2. The van der Waals surface area contributed by atoms with E-state index in [1.54, 1.807) is 0 Å². The second-order valence-electron chi connectivity index (χ2n) is 29.8. The van der Waals surface area contributed by atoms with Crippen molar-refractivity contribution < 1.29 is 80.2 Å². The Morgan fingerprint density at radius 1 is 0.289 bits per heavy atom. The lowest BCUT2D eigenvalue weighted by Crippen LogP contribution is -2.30. The molecule has 17 nitrogen and oxygen atoms in total. The summed E-state index contributed by atoms with van der Waals surface area (Å²) < 4.78 is 68.6. The highest BCUT2D eigenvalue weighted by Gasteiger charge is 2.30. The molecule has 3 N–H and O–H groups in total. The number of aliphatic hydroxyl groups excluding tert-OH is 1. The molecule has 19 heteroatoms. The first-order chi connectivity index (χ1) is 46.6. The Morgan fingerprint density at radius 2 is 0.495 bits per heavy atom. The van der Waals surface area contributed by atoms with E-state index in [1.807, 2.05) is 0 Å². The van der Waals surface area contributed by atoms with Crippen LogP contribution in [0.5, 0.6) is 0 Å². The average molecular weight is 1420 g/mol. The van der Waals surface area contributed by atoms with Crippen LogP contribution in [0.25, 0.3) is 0 Å². The number of ether oxygens (including phenoxy) is 4. The predicted octanol–water partition coefficient (Wildman–Crippen LogP) is 22.8. The molecule has 0 rings (SSSR count). The van der Waals surface area contributed by atoms with Crippen LogP contribution in [0.1, 0.15) is 396 Å². The number of aliphatic hydroxyl groups is 1. The van der Waals surface area contributed by atoms with Gasteiger partial charge in [0.15, 0.2) is 12.2 Å². The number of unbranched alkanes of at least 4 members (excludes halogenated alkanes) is 40. The monoisotopic (exact) mass is 1420 g/mol. The van der Waals surface area contributed by atoms with E-state index in [9.17, 15) is 43.2 Å². The number of hydrogen-bond acceptors (Lipinski definition) is 15. The van der Waals surface area contributed by atoms with Crippen LogP contribution >= 0.6 is 15.6 Å². The second-order valence-corrected chi connectivity index (χ2v) is 32.7. The van der Waals surface area contributed by atoms with E-state index in [0.29, 0.717) is 31.6 Å². The molecule has 3 unspecified atom stereocenters. The van der Waals surface area contributed by atoms with Gasteiger partial charge in [-0.25, -0.2) is 9.13 Å². The molecule has 6 atom stereocenters. The molecule has 0 aromatic carbocycles. The van der Waals surface area contributed by atoms with E-state index in [-0.39, 0.29) is 25.7 Å². The summed E-state index contributed by atoms with van der Waals surface area (Å²) in [4.78, 5) is 72.9. The molecule has 576 valence electrons. The maximum absolute atomic E-state index is 13.1. The van der Waals surface area contributed by atoms with Crippen molar-refractivity contribution in [1.29, 1.82) is 0 Å². The van der Waals surface area contributed by atoms with Gasteiger partial charge in [0.25, 0.3) is 0 Å². The number of rotatable bonds is 75. The lowest BCUT2D eigenvalue weighted by Gasteiger charge is -2.21. The van der Waals surface area contributed by atoms with E-state index in [0.717, 1.165) is 114 Å². The van der Waals surface area contributed by atoms with Gasteiger partial charge in [0.2, 0.25) is 0 Å². The van der Waals surface area contributed by atoms with Crippen LogP contribution in [0.3, 0.4) is 0 Å². The number of esters is 4. The number of carbonyl (C=O) groups excluding carboxylic acids is 4. The molecule has 0 aromatic heterocycles. The van der Waals surface area contributed by atoms with Gasteiger partial charge < -0.3 is 33.8 Å². The number of phosphoric acid groups is 2. The summed E-state index contributed by atoms with van der Waals surface area (Å²) in [5.74, 6) is 0.957. The fourth-order valence-corrected chi connectivity index (χ4v) is 13.5. The number of phosphoric ester groups is 2. The van der Waals surface area contributed by atoms with Crippen molar-refractivity contribution in [1.82, 2.24) is 0 Å². The summed E-state index contributed by atoms with van der Waals surface area (Å²) in [7, 11) is -9.92. The summed E-state index contributed by atoms with van der Waals surface area (Å²) in [5.41, 5.74) is 0. The second kappa shape index (κ2) is 67.2. The summed E-state index contributed by atoms with van der Waals surface area (Å²) >= 11 is 0. The third kappa shape index (κ3) is 70.9. The van der Waals surface area contributed by atoms with Gasteiger partial charge in [0, 0.05) is 25.7 Å². The molecule has 0 aliphatic heterocycles. The van der Waals surface area contributed by atoms with Crippen molar-refractivity contribution in [3.05, 3.63) is 0 Å². The van der Waals surface area contributed by atoms with Crippen LogP contribution in [0.4, 0.5) is 0 Å². The minimum absolute atomic E-state index is 0.105. The van der Waals surface area contributed by atoms with Crippen molar-refractivity contribution >= 4 is 39.5 Å². The normalized spacial score (nSPS) is 14.4. The van der Waals surface area contributed by atoms with Gasteiger partial charge in [0.05, 0.1) is 26.4 Å². The first-order valence-electron chi connectivity index (χ1n) is 40.2. The van der Waals surface area contributed by atoms with Gasteiger partial charge >= 0.3 is 39.5 Å². The largest absolute Gasteiger partial charge is 0.472 e. The smallest absolute Gasteiger partial charge is 0.462 e. The lowest BCUT2D eigenvalue weighted by molar-refractivity contribution is -0.161. The van der Waals surface area contributed by atoms with Crippen molar-refractivity contribution in [2.45, 2.75) is 414 Å². The van der Waals surface area contributed by atoms with Crippen LogP contribution in [-0.2, 0) is 65.4 Å². The standard InChI is InChI=1S/C78H152O17P2/c1-9-71(8)57-49-41-32-26-19-15-11-13-17-21-28-34-44-52-60-77(82)94-73(64-88-75(80)58-50-42-33-27-20-16-12-10-14-18-24-30-38-46-54-68(2)3)66-92-96(84,85)90-62-72(79)63-91-97(86,87)93-67-74(65-89-76(81)59-51-43-37-36-40-48-56-70(6)7)95-78(83)61-53-45-35-29-23-22-25-31-39-47-55-69(4)5/h68-74,79H,9-67H2,1-8H3,(H,84,85)(H,86,87)/t71?,72-,73-,74-/m1/s1. The Kier molecular flexibility index (Phi) is 65.9. The van der Waals surface area contributed by atoms with E-state index in [2.05, 4.69) is 55.4 Å². The first-order valence-corrected chi connectivity index (χ1v) is 43.2. The van der Waals surface area contributed by atoms with E-state index >= 15 is 0 Å². The highest BCUT2D eigenvalue weighted by molar-refractivity contribution is 7.47. The maximum Gasteiger partial charge on any atom is 0.472 e. The third-order valence-electron chi connectivity index (χ3n) is 18.4. The summed E-state index contributed by atoms with van der Waals surface area (Å²) in [6, 6.07) is 0. The highest BCUT2D eigenvalue weighted by atomic mass is 31.2. The topological polar surface area (TPSA) is 237 Å². The predicted molar refractivity (Wildman–Crippen MR) is 395 cm³/mol. The van der Waals surface area contributed by atoms with Crippen molar-refractivity contribution in [3.63, 3.8) is 0 Å². The average Bonchev–Trinajstić information content (AvgIpc) is 1.91. The van der Waals surface area contributed by atoms with Gasteiger partial charge in [-0.05, 0) is 49.4 Å². The summed E-state index contributed by atoms with van der Waals surface area (Å²) in [6.07, 6.45) is 52.8. The molecule has 0 saturated heterocycles. The Bertz CT molecular complexity index is 1900. The quantitative estimate of drug-likeness (QED) is 0.0222. The van der Waals surface area contributed by atoms with Crippen molar-refractivity contribution in [2.75, 3.05) is 39.6 Å². The number of carbonyl (C=O) groups is 4. The van der Waals surface area contributed by atoms with E-state index in [4.69, 9.17) is 37.0 Å². The van der Waals surface area contributed by atoms with Gasteiger partial charge in [0.1, 0.15) is 19.3 Å². The van der Waals surface area contributed by atoms with Crippen LogP contribution in [-0.4, -0.2) is 96.7 Å². The third-order valence-corrected chi connectivity index (χ3v) is 20.3. The van der Waals surface area contributed by atoms with Crippen LogP contribution < -0.4 is 0 Å². The molecule has 0 heterocycles. The maximum atomic E-state index is 13.1. The lowest BCUT2D eigenvalue weighted by atomic mass is 9.99. The van der Waals surface area contributed by atoms with Gasteiger partial charge in [-0.3, -0.25) is 37.3 Å². The molecule has 0 fully saturated rings. The van der Waals surface area contributed by atoms with E-state index in [1.165, 1.54) is 193 Å². The van der Waals surface area contributed by atoms with Crippen LogP contribution in [0, 0.1) is 23.7 Å². The molecule has 0 aromatic rings. The molecular weight excluding hydrogens is 1270 g/mol. The molecule has 0 spiro atoms. The highest BCUT2D eigenvalue weighted by Crippen LogP contribution is 2.45. The Morgan fingerprint density at radius 3 is 0.732 bits per heavy atom.